The highest BCUT2D eigenvalue weighted by molar-refractivity contribution is 7.80. The lowest BCUT2D eigenvalue weighted by atomic mass is 10.2. The summed E-state index contributed by atoms with van der Waals surface area (Å²) in [5, 5.41) is 0. The van der Waals surface area contributed by atoms with E-state index in [4.69, 9.17) is 22.7 Å². The molecule has 2 rings (SSSR count). The molecule has 2 aromatic rings. The van der Waals surface area contributed by atoms with Crippen LogP contribution < -0.4 is 16.0 Å². The highest BCUT2D eigenvalue weighted by atomic mass is 32.1. The fourth-order valence-corrected chi connectivity index (χ4v) is 1.80. The van der Waals surface area contributed by atoms with Crippen molar-refractivity contribution in [1.82, 2.24) is 9.55 Å². The first-order chi connectivity index (χ1) is 9.56. The van der Waals surface area contributed by atoms with Crippen LogP contribution >= 0.6 is 12.2 Å². The maximum atomic E-state index is 11.6. The molecule has 0 spiro atoms. The Hall–Kier alpha value is -2.21. The Labute approximate surface area is 122 Å². The molecular weight excluding hydrogens is 274 g/mol. The molecule has 0 aliphatic rings. The zero-order valence-electron chi connectivity index (χ0n) is 11.1. The summed E-state index contributed by atoms with van der Waals surface area (Å²) in [5.41, 5.74) is 6.94. The maximum Gasteiger partial charge on any atom is 0.253 e. The van der Waals surface area contributed by atoms with Gasteiger partial charge in [-0.05, 0) is 31.2 Å². The Balaban J connectivity index is 1.92. The Bertz CT molecular complexity index is 665. The summed E-state index contributed by atoms with van der Waals surface area (Å²) in [6, 6.07) is 8.70. The van der Waals surface area contributed by atoms with Gasteiger partial charge >= 0.3 is 0 Å². The lowest BCUT2D eigenvalue weighted by Gasteiger charge is -2.08. The third-order valence-corrected chi connectivity index (χ3v) is 2.99. The number of aryl methyl sites for hydroxylation is 1. The predicted molar refractivity (Wildman–Crippen MR) is 81.1 cm³/mol. The minimum atomic E-state index is -0.0788. The highest BCUT2D eigenvalue weighted by Gasteiger charge is 2.00. The fraction of sp³-hybridized carbons (Fsp3) is 0.214. The third-order valence-electron chi connectivity index (χ3n) is 2.76. The van der Waals surface area contributed by atoms with E-state index in [2.05, 4.69) is 4.98 Å². The largest absolute Gasteiger partial charge is 0.492 e. The van der Waals surface area contributed by atoms with Crippen LogP contribution in [0.3, 0.4) is 0 Å². The zero-order chi connectivity index (χ0) is 14.5. The Morgan fingerprint density at radius 1 is 1.40 bits per heavy atom. The van der Waals surface area contributed by atoms with Gasteiger partial charge in [-0.1, -0.05) is 12.2 Å². The summed E-state index contributed by atoms with van der Waals surface area (Å²) in [4.78, 5) is 16.1. The fourth-order valence-electron chi connectivity index (χ4n) is 1.66. The number of thiocarbonyl (C=S) groups is 1. The van der Waals surface area contributed by atoms with E-state index >= 15 is 0 Å². The molecule has 5 nitrogen and oxygen atoms in total. The van der Waals surface area contributed by atoms with Gasteiger partial charge in [-0.15, -0.1) is 0 Å². The van der Waals surface area contributed by atoms with Crippen molar-refractivity contribution in [3.05, 3.63) is 58.3 Å². The van der Waals surface area contributed by atoms with Crippen molar-refractivity contribution in [3.63, 3.8) is 0 Å². The lowest BCUT2D eigenvalue weighted by Crippen LogP contribution is -2.23. The molecular formula is C14H15N3O2S. The molecule has 1 heterocycles. The van der Waals surface area contributed by atoms with E-state index in [1.54, 1.807) is 31.2 Å². The molecule has 0 saturated carbocycles. The summed E-state index contributed by atoms with van der Waals surface area (Å²) in [5.74, 6) is 0.707. The van der Waals surface area contributed by atoms with Gasteiger partial charge in [0.15, 0.2) is 0 Å². The van der Waals surface area contributed by atoms with E-state index in [1.165, 1.54) is 17.0 Å². The molecule has 0 saturated heterocycles. The monoisotopic (exact) mass is 289 g/mol. The first kappa shape index (κ1) is 14.2. The van der Waals surface area contributed by atoms with Gasteiger partial charge in [0.2, 0.25) is 0 Å². The first-order valence-electron chi connectivity index (χ1n) is 6.12. The van der Waals surface area contributed by atoms with E-state index in [0.717, 1.165) is 5.56 Å². The molecule has 0 fully saturated rings. The average Bonchev–Trinajstić information content (AvgIpc) is 2.42. The number of aromatic nitrogens is 2. The van der Waals surface area contributed by atoms with Crippen LogP contribution in [0.25, 0.3) is 0 Å². The van der Waals surface area contributed by atoms with Crippen molar-refractivity contribution in [3.8, 4) is 5.75 Å². The van der Waals surface area contributed by atoms with E-state index in [-0.39, 0.29) is 5.56 Å². The standard InChI is InChI=1S/C14H15N3O2S/c1-10-8-13(18)17(9-16-10)6-7-19-12-4-2-11(3-5-12)14(15)20/h2-5,8-9H,6-7H2,1H3,(H2,15,20). The second-order valence-electron chi connectivity index (χ2n) is 4.30. The van der Waals surface area contributed by atoms with Gasteiger partial charge in [-0.25, -0.2) is 4.98 Å². The first-order valence-corrected chi connectivity index (χ1v) is 6.53. The molecule has 0 unspecified atom stereocenters. The topological polar surface area (TPSA) is 70.1 Å². The molecule has 0 atom stereocenters. The third kappa shape index (κ3) is 3.64. The quantitative estimate of drug-likeness (QED) is 0.839. The van der Waals surface area contributed by atoms with Gasteiger partial charge in [-0.3, -0.25) is 9.36 Å². The molecule has 0 amide bonds. The predicted octanol–water partition coefficient (Wildman–Crippen LogP) is 1.26. The molecule has 1 aromatic heterocycles. The average molecular weight is 289 g/mol. The van der Waals surface area contributed by atoms with Crippen LogP contribution in [-0.2, 0) is 6.54 Å². The van der Waals surface area contributed by atoms with Crippen LogP contribution in [0.5, 0.6) is 5.75 Å². The molecule has 2 N–H and O–H groups in total. The smallest absolute Gasteiger partial charge is 0.253 e. The van der Waals surface area contributed by atoms with Crippen molar-refractivity contribution in [2.24, 2.45) is 5.73 Å². The van der Waals surface area contributed by atoms with Crippen LogP contribution in [0, 0.1) is 6.92 Å². The normalized spacial score (nSPS) is 10.2. The van der Waals surface area contributed by atoms with Crippen LogP contribution in [0.1, 0.15) is 11.3 Å². The molecule has 104 valence electrons. The SMILES string of the molecule is Cc1cc(=O)n(CCOc2ccc(C(N)=S)cc2)cn1. The summed E-state index contributed by atoms with van der Waals surface area (Å²) in [7, 11) is 0. The summed E-state index contributed by atoms with van der Waals surface area (Å²) >= 11 is 4.87. The summed E-state index contributed by atoms with van der Waals surface area (Å²) in [6.07, 6.45) is 1.52. The van der Waals surface area contributed by atoms with E-state index in [9.17, 15) is 4.79 Å². The van der Waals surface area contributed by atoms with Crippen LogP contribution in [-0.4, -0.2) is 21.1 Å². The van der Waals surface area contributed by atoms with Gasteiger partial charge in [0.05, 0.1) is 12.9 Å². The highest BCUT2D eigenvalue weighted by Crippen LogP contribution is 2.12. The minimum Gasteiger partial charge on any atom is -0.492 e. The molecule has 0 radical (unpaired) electrons. The van der Waals surface area contributed by atoms with Gasteiger partial charge in [0, 0.05) is 17.3 Å². The number of rotatable bonds is 5. The molecule has 6 heteroatoms. The Morgan fingerprint density at radius 3 is 2.70 bits per heavy atom. The molecule has 0 bridgehead atoms. The molecule has 0 aliphatic heterocycles. The number of hydrogen-bond acceptors (Lipinski definition) is 4. The van der Waals surface area contributed by atoms with E-state index in [1.807, 2.05) is 0 Å². The molecule has 0 aliphatic carbocycles. The summed E-state index contributed by atoms with van der Waals surface area (Å²) in [6.45, 7) is 2.62. The minimum absolute atomic E-state index is 0.0788. The van der Waals surface area contributed by atoms with Crippen molar-refractivity contribution in [2.75, 3.05) is 6.61 Å². The van der Waals surface area contributed by atoms with E-state index < -0.39 is 0 Å². The molecule has 1 aromatic carbocycles. The van der Waals surface area contributed by atoms with Crippen molar-refractivity contribution < 1.29 is 4.74 Å². The number of ether oxygens (including phenoxy) is 1. The van der Waals surface area contributed by atoms with Crippen LogP contribution in [0.4, 0.5) is 0 Å². The maximum absolute atomic E-state index is 11.6. The number of nitrogens with two attached hydrogens (primary N) is 1. The van der Waals surface area contributed by atoms with Crippen molar-refractivity contribution >= 4 is 17.2 Å². The van der Waals surface area contributed by atoms with E-state index in [0.29, 0.717) is 29.6 Å². The number of benzene rings is 1. The zero-order valence-corrected chi connectivity index (χ0v) is 11.9. The Morgan fingerprint density at radius 2 is 2.10 bits per heavy atom. The van der Waals surface area contributed by atoms with Gasteiger partial charge < -0.3 is 10.5 Å². The van der Waals surface area contributed by atoms with Gasteiger partial charge in [0.1, 0.15) is 17.3 Å². The van der Waals surface area contributed by atoms with Gasteiger partial charge in [-0.2, -0.15) is 0 Å². The van der Waals surface area contributed by atoms with Crippen LogP contribution in [0.2, 0.25) is 0 Å². The lowest BCUT2D eigenvalue weighted by molar-refractivity contribution is 0.295. The second-order valence-corrected chi connectivity index (χ2v) is 4.74. The summed E-state index contributed by atoms with van der Waals surface area (Å²) < 4.78 is 7.07. The van der Waals surface area contributed by atoms with Crippen molar-refractivity contribution in [2.45, 2.75) is 13.5 Å². The van der Waals surface area contributed by atoms with Crippen LogP contribution in [0.15, 0.2) is 41.5 Å². The number of nitrogens with zero attached hydrogens (tertiary/aromatic N) is 2. The molecule has 20 heavy (non-hydrogen) atoms. The Kier molecular flexibility index (Phi) is 4.47. The second kappa shape index (κ2) is 6.29. The number of hydrogen-bond donors (Lipinski definition) is 1. The van der Waals surface area contributed by atoms with Gasteiger partial charge in [0.25, 0.3) is 5.56 Å². The van der Waals surface area contributed by atoms with Crippen molar-refractivity contribution in [1.29, 1.82) is 0 Å².